The van der Waals surface area contributed by atoms with Crippen LogP contribution in [0.2, 0.25) is 0 Å². The minimum Gasteiger partial charge on any atom is -0.457 e. The van der Waals surface area contributed by atoms with Crippen LogP contribution < -0.4 is 15.4 Å². The predicted octanol–water partition coefficient (Wildman–Crippen LogP) is 4.58. The largest absolute Gasteiger partial charge is 0.457 e. The number of nitrogens with one attached hydrogen (secondary N) is 2. The number of anilines is 1. The van der Waals surface area contributed by atoms with E-state index in [0.717, 1.165) is 5.56 Å². The summed E-state index contributed by atoms with van der Waals surface area (Å²) in [5, 5.41) is 14.6. The number of aryl methyl sites for hydroxylation is 1. The van der Waals surface area contributed by atoms with Gasteiger partial charge in [0.05, 0.1) is 11.6 Å². The molecule has 2 amide bonds. The summed E-state index contributed by atoms with van der Waals surface area (Å²) in [6, 6.07) is 14.2. The van der Waals surface area contributed by atoms with Crippen LogP contribution in [0.5, 0.6) is 11.5 Å². The van der Waals surface area contributed by atoms with Gasteiger partial charge in [-0.05, 0) is 57.5 Å². The van der Waals surface area contributed by atoms with Crippen molar-refractivity contribution in [1.82, 2.24) is 5.32 Å². The van der Waals surface area contributed by atoms with Crippen molar-refractivity contribution in [2.24, 2.45) is 0 Å². The van der Waals surface area contributed by atoms with Crippen molar-refractivity contribution < 1.29 is 9.53 Å². The van der Waals surface area contributed by atoms with Crippen LogP contribution in [0.3, 0.4) is 0 Å². The zero-order valence-electron chi connectivity index (χ0n) is 14.3. The number of urea groups is 1. The lowest BCUT2D eigenvalue weighted by Crippen LogP contribution is -2.43. The van der Waals surface area contributed by atoms with E-state index in [1.54, 1.807) is 30.3 Å². The van der Waals surface area contributed by atoms with Crippen LogP contribution in [0.1, 0.15) is 31.9 Å². The molecule has 0 saturated carbocycles. The van der Waals surface area contributed by atoms with Gasteiger partial charge in [-0.1, -0.05) is 12.1 Å². The number of amides is 2. The van der Waals surface area contributed by atoms with E-state index in [2.05, 4.69) is 16.7 Å². The van der Waals surface area contributed by atoms with Gasteiger partial charge in [-0.3, -0.25) is 0 Å². The average Bonchev–Trinajstić information content (AvgIpc) is 2.49. The molecule has 0 heterocycles. The van der Waals surface area contributed by atoms with Gasteiger partial charge in [-0.2, -0.15) is 5.26 Å². The second-order valence-corrected chi connectivity index (χ2v) is 6.55. The maximum absolute atomic E-state index is 12.0. The molecule has 24 heavy (non-hydrogen) atoms. The van der Waals surface area contributed by atoms with E-state index in [1.807, 2.05) is 39.8 Å². The van der Waals surface area contributed by atoms with Crippen molar-refractivity contribution in [3.8, 4) is 17.6 Å². The van der Waals surface area contributed by atoms with E-state index in [4.69, 9.17) is 10.00 Å². The third kappa shape index (κ3) is 5.03. The van der Waals surface area contributed by atoms with Gasteiger partial charge in [-0.25, -0.2) is 4.79 Å². The Morgan fingerprint density at radius 1 is 1.17 bits per heavy atom. The van der Waals surface area contributed by atoms with Crippen molar-refractivity contribution in [3.63, 3.8) is 0 Å². The Morgan fingerprint density at radius 3 is 2.58 bits per heavy atom. The molecule has 0 bridgehead atoms. The molecule has 0 unspecified atom stereocenters. The Bertz CT molecular complexity index is 786. The molecule has 5 nitrogen and oxygen atoms in total. The Balaban J connectivity index is 2.16. The molecule has 0 saturated heterocycles. The van der Waals surface area contributed by atoms with Gasteiger partial charge in [0.1, 0.15) is 11.5 Å². The van der Waals surface area contributed by atoms with E-state index >= 15 is 0 Å². The van der Waals surface area contributed by atoms with E-state index < -0.39 is 0 Å². The number of rotatable bonds is 3. The van der Waals surface area contributed by atoms with Crippen LogP contribution >= 0.6 is 0 Å². The summed E-state index contributed by atoms with van der Waals surface area (Å²) in [6.07, 6.45) is 0. The summed E-state index contributed by atoms with van der Waals surface area (Å²) >= 11 is 0. The van der Waals surface area contributed by atoms with Gasteiger partial charge in [0.25, 0.3) is 0 Å². The van der Waals surface area contributed by atoms with Gasteiger partial charge < -0.3 is 15.4 Å². The van der Waals surface area contributed by atoms with Crippen molar-refractivity contribution in [2.45, 2.75) is 33.2 Å². The number of benzene rings is 2. The molecule has 5 heteroatoms. The van der Waals surface area contributed by atoms with Gasteiger partial charge in [0.15, 0.2) is 0 Å². The van der Waals surface area contributed by atoms with Gasteiger partial charge in [0.2, 0.25) is 0 Å². The summed E-state index contributed by atoms with van der Waals surface area (Å²) in [5.41, 5.74) is 1.78. The minimum atomic E-state index is -0.314. The third-order valence-electron chi connectivity index (χ3n) is 3.13. The number of carbonyl (C=O) groups is 1. The fourth-order valence-corrected chi connectivity index (χ4v) is 2.05. The Morgan fingerprint density at radius 2 is 1.92 bits per heavy atom. The number of hydrogen-bond acceptors (Lipinski definition) is 3. The molecule has 2 N–H and O–H groups in total. The van der Waals surface area contributed by atoms with Gasteiger partial charge in [-0.15, -0.1) is 0 Å². The van der Waals surface area contributed by atoms with E-state index in [0.29, 0.717) is 22.7 Å². The maximum Gasteiger partial charge on any atom is 0.319 e. The van der Waals surface area contributed by atoms with Crippen molar-refractivity contribution >= 4 is 11.7 Å². The highest BCUT2D eigenvalue weighted by atomic mass is 16.5. The van der Waals surface area contributed by atoms with Crippen LogP contribution in [0.15, 0.2) is 42.5 Å². The molecule has 0 atom stereocenters. The normalized spacial score (nSPS) is 10.6. The lowest BCUT2D eigenvalue weighted by molar-refractivity contribution is 0.244. The predicted molar refractivity (Wildman–Crippen MR) is 94.3 cm³/mol. The monoisotopic (exact) mass is 323 g/mol. The summed E-state index contributed by atoms with van der Waals surface area (Å²) < 4.78 is 5.85. The average molecular weight is 323 g/mol. The van der Waals surface area contributed by atoms with E-state index in [-0.39, 0.29) is 11.6 Å². The molecular formula is C19H21N3O2. The fourth-order valence-electron chi connectivity index (χ4n) is 2.05. The number of nitrogens with zero attached hydrogens (tertiary/aromatic N) is 1. The topological polar surface area (TPSA) is 74.2 Å². The highest BCUT2D eigenvalue weighted by Gasteiger charge is 2.14. The Labute approximate surface area is 142 Å². The first-order valence-corrected chi connectivity index (χ1v) is 7.65. The zero-order valence-corrected chi connectivity index (χ0v) is 14.3. The molecule has 2 aromatic rings. The van der Waals surface area contributed by atoms with Crippen LogP contribution in [0.4, 0.5) is 10.5 Å². The third-order valence-corrected chi connectivity index (χ3v) is 3.13. The number of nitriles is 1. The highest BCUT2D eigenvalue weighted by molar-refractivity contribution is 5.90. The standard InChI is InChI=1S/C19H21N3O2/c1-13-8-9-15(21-18(23)22-19(2,3)4)11-17(13)24-16-7-5-6-14(10-16)12-20/h5-11H,1-4H3,(H2,21,22,23). The summed E-state index contributed by atoms with van der Waals surface area (Å²) in [5.74, 6) is 1.20. The number of hydrogen-bond donors (Lipinski definition) is 2. The molecule has 0 aliphatic rings. The van der Waals surface area contributed by atoms with Crippen molar-refractivity contribution in [3.05, 3.63) is 53.6 Å². The number of carbonyl (C=O) groups excluding carboxylic acids is 1. The second kappa shape index (κ2) is 7.05. The van der Waals surface area contributed by atoms with Crippen molar-refractivity contribution in [1.29, 1.82) is 5.26 Å². The van der Waals surface area contributed by atoms with Crippen LogP contribution in [0.25, 0.3) is 0 Å². The first-order chi connectivity index (χ1) is 11.3. The van der Waals surface area contributed by atoms with Crippen LogP contribution in [0, 0.1) is 18.3 Å². The molecule has 0 radical (unpaired) electrons. The summed E-state index contributed by atoms with van der Waals surface area (Å²) in [7, 11) is 0. The molecule has 0 aromatic heterocycles. The van der Waals surface area contributed by atoms with Gasteiger partial charge >= 0.3 is 6.03 Å². The fraction of sp³-hybridized carbons (Fsp3) is 0.263. The lowest BCUT2D eigenvalue weighted by atomic mass is 10.1. The number of ether oxygens (including phenoxy) is 1. The summed E-state index contributed by atoms with van der Waals surface area (Å²) in [6.45, 7) is 7.66. The van der Waals surface area contributed by atoms with Crippen LogP contribution in [-0.2, 0) is 0 Å². The highest BCUT2D eigenvalue weighted by Crippen LogP contribution is 2.28. The Kier molecular flexibility index (Phi) is 5.10. The SMILES string of the molecule is Cc1ccc(NC(=O)NC(C)(C)C)cc1Oc1cccc(C#N)c1. The maximum atomic E-state index is 12.0. The molecule has 2 aromatic carbocycles. The molecule has 0 spiro atoms. The van der Waals surface area contributed by atoms with Gasteiger partial charge in [0, 0.05) is 17.3 Å². The minimum absolute atomic E-state index is 0.274. The molecule has 0 aliphatic heterocycles. The van der Waals surface area contributed by atoms with E-state index in [9.17, 15) is 4.79 Å². The molecule has 2 rings (SSSR count). The first kappa shape index (κ1) is 17.4. The quantitative estimate of drug-likeness (QED) is 0.868. The van der Waals surface area contributed by atoms with E-state index in [1.165, 1.54) is 0 Å². The second-order valence-electron chi connectivity index (χ2n) is 6.55. The smallest absolute Gasteiger partial charge is 0.319 e. The molecule has 0 aliphatic carbocycles. The summed E-state index contributed by atoms with van der Waals surface area (Å²) in [4.78, 5) is 12.0. The molecular weight excluding hydrogens is 302 g/mol. The lowest BCUT2D eigenvalue weighted by Gasteiger charge is -2.21. The first-order valence-electron chi connectivity index (χ1n) is 7.65. The molecule has 124 valence electrons. The molecule has 0 fully saturated rings. The van der Waals surface area contributed by atoms with Crippen molar-refractivity contribution in [2.75, 3.05) is 5.32 Å². The Hall–Kier alpha value is -3.00. The zero-order chi connectivity index (χ0) is 17.7. The van der Waals surface area contributed by atoms with Crippen LogP contribution in [-0.4, -0.2) is 11.6 Å².